The summed E-state index contributed by atoms with van der Waals surface area (Å²) < 4.78 is 0. The number of aliphatic imine (C=N–C) groups is 1. The van der Waals surface area contributed by atoms with Gasteiger partial charge in [-0.1, -0.05) is 42.5 Å². The smallest absolute Gasteiger partial charge is 0.191 e. The van der Waals surface area contributed by atoms with Gasteiger partial charge < -0.3 is 10.6 Å². The van der Waals surface area contributed by atoms with Gasteiger partial charge in [0, 0.05) is 32.7 Å². The van der Waals surface area contributed by atoms with Gasteiger partial charge in [-0.3, -0.25) is 9.89 Å². The Labute approximate surface area is 161 Å². The summed E-state index contributed by atoms with van der Waals surface area (Å²) in [4.78, 5) is 6.87. The molecule has 5 nitrogen and oxygen atoms in total. The molecule has 5 heteroatoms. The Bertz CT molecular complexity index is 794. The summed E-state index contributed by atoms with van der Waals surface area (Å²) in [6.45, 7) is 3.67. The van der Waals surface area contributed by atoms with Crippen molar-refractivity contribution in [2.24, 2.45) is 4.99 Å². The topological polar surface area (TPSA) is 63.5 Å². The summed E-state index contributed by atoms with van der Waals surface area (Å²) in [5, 5.41) is 15.8. The molecule has 1 unspecified atom stereocenters. The molecule has 27 heavy (non-hydrogen) atoms. The summed E-state index contributed by atoms with van der Waals surface area (Å²) in [6.07, 6.45) is 2.45. The van der Waals surface area contributed by atoms with Gasteiger partial charge in [0.05, 0.1) is 11.6 Å². The number of nitrogens with zero attached hydrogens (tertiary/aromatic N) is 3. The zero-order chi connectivity index (χ0) is 18.9. The van der Waals surface area contributed by atoms with Crippen molar-refractivity contribution in [1.82, 2.24) is 15.5 Å². The lowest BCUT2D eigenvalue weighted by atomic mass is 10.1. The molecule has 1 atom stereocenters. The lowest BCUT2D eigenvalue weighted by Gasteiger charge is -2.25. The van der Waals surface area contributed by atoms with Crippen LogP contribution in [0, 0.1) is 11.3 Å². The standard InChI is InChI=1S/C22H27N5/c1-24-22(25-15-20-10-5-9-19(13-20)14-23)26-16-21-11-6-12-27(21)17-18-7-3-2-4-8-18/h2-5,7-10,13,21H,6,11-12,15-17H2,1H3,(H2,24,25,26). The van der Waals surface area contributed by atoms with Crippen molar-refractivity contribution in [2.45, 2.75) is 32.0 Å². The van der Waals surface area contributed by atoms with Crippen LogP contribution in [0.5, 0.6) is 0 Å². The normalized spacial score (nSPS) is 17.5. The third-order valence-electron chi connectivity index (χ3n) is 4.97. The Morgan fingerprint density at radius 2 is 1.96 bits per heavy atom. The van der Waals surface area contributed by atoms with Crippen LogP contribution in [-0.4, -0.2) is 37.0 Å². The predicted molar refractivity (Wildman–Crippen MR) is 109 cm³/mol. The molecular formula is C22H27N5. The molecule has 2 aromatic rings. The minimum Gasteiger partial charge on any atom is -0.355 e. The quantitative estimate of drug-likeness (QED) is 0.613. The van der Waals surface area contributed by atoms with Crippen LogP contribution in [0.15, 0.2) is 59.6 Å². The van der Waals surface area contributed by atoms with E-state index < -0.39 is 0 Å². The van der Waals surface area contributed by atoms with E-state index >= 15 is 0 Å². The van der Waals surface area contributed by atoms with E-state index in [2.05, 4.69) is 56.9 Å². The molecule has 1 aliphatic rings. The highest BCUT2D eigenvalue weighted by molar-refractivity contribution is 5.79. The number of likely N-dealkylation sites (tertiary alicyclic amines) is 1. The monoisotopic (exact) mass is 361 g/mol. The van der Waals surface area contributed by atoms with E-state index in [1.165, 1.54) is 18.4 Å². The fourth-order valence-electron chi connectivity index (χ4n) is 3.52. The molecule has 1 heterocycles. The van der Waals surface area contributed by atoms with E-state index in [-0.39, 0.29) is 0 Å². The van der Waals surface area contributed by atoms with E-state index in [9.17, 15) is 0 Å². The van der Waals surface area contributed by atoms with E-state index in [1.54, 1.807) is 7.05 Å². The Morgan fingerprint density at radius 1 is 1.15 bits per heavy atom. The molecule has 0 aliphatic carbocycles. The van der Waals surface area contributed by atoms with Crippen LogP contribution in [0.4, 0.5) is 0 Å². The molecule has 0 bridgehead atoms. The minimum absolute atomic E-state index is 0.519. The van der Waals surface area contributed by atoms with Crippen molar-refractivity contribution < 1.29 is 0 Å². The van der Waals surface area contributed by atoms with Gasteiger partial charge in [0.1, 0.15) is 0 Å². The number of nitriles is 1. The van der Waals surface area contributed by atoms with Gasteiger partial charge in [0.25, 0.3) is 0 Å². The summed E-state index contributed by atoms with van der Waals surface area (Å²) in [6, 6.07) is 21.0. The molecule has 1 saturated heterocycles. The van der Waals surface area contributed by atoms with Gasteiger partial charge >= 0.3 is 0 Å². The van der Waals surface area contributed by atoms with Crippen LogP contribution < -0.4 is 10.6 Å². The van der Waals surface area contributed by atoms with Crippen LogP contribution >= 0.6 is 0 Å². The van der Waals surface area contributed by atoms with E-state index in [0.29, 0.717) is 18.2 Å². The number of hydrogen-bond acceptors (Lipinski definition) is 3. The van der Waals surface area contributed by atoms with Gasteiger partial charge in [-0.2, -0.15) is 5.26 Å². The average Bonchev–Trinajstić information content (AvgIpc) is 3.16. The number of benzene rings is 2. The number of rotatable bonds is 6. The molecule has 3 rings (SSSR count). The number of hydrogen-bond donors (Lipinski definition) is 2. The first kappa shape index (κ1) is 18.9. The fraction of sp³-hybridized carbons (Fsp3) is 0.364. The van der Waals surface area contributed by atoms with Crippen molar-refractivity contribution in [2.75, 3.05) is 20.1 Å². The zero-order valence-electron chi connectivity index (χ0n) is 15.9. The van der Waals surface area contributed by atoms with Gasteiger partial charge in [0.2, 0.25) is 0 Å². The maximum atomic E-state index is 9.01. The third-order valence-corrected chi connectivity index (χ3v) is 4.97. The Balaban J connectivity index is 1.49. The fourth-order valence-corrected chi connectivity index (χ4v) is 3.52. The van der Waals surface area contributed by atoms with E-state index in [1.807, 2.05) is 24.3 Å². The van der Waals surface area contributed by atoms with Crippen LogP contribution in [0.2, 0.25) is 0 Å². The summed E-state index contributed by atoms with van der Waals surface area (Å²) in [5.74, 6) is 0.795. The van der Waals surface area contributed by atoms with Crippen molar-refractivity contribution in [3.8, 4) is 6.07 Å². The minimum atomic E-state index is 0.519. The molecule has 0 amide bonds. The second-order valence-corrected chi connectivity index (χ2v) is 6.87. The van der Waals surface area contributed by atoms with Crippen LogP contribution in [-0.2, 0) is 13.1 Å². The average molecular weight is 361 g/mol. The number of nitrogens with one attached hydrogen (secondary N) is 2. The van der Waals surface area contributed by atoms with Crippen LogP contribution in [0.3, 0.4) is 0 Å². The zero-order valence-corrected chi connectivity index (χ0v) is 15.9. The summed E-state index contributed by atoms with van der Waals surface area (Å²) in [7, 11) is 1.79. The molecule has 0 radical (unpaired) electrons. The SMILES string of the molecule is CN=C(NCc1cccc(C#N)c1)NCC1CCCN1Cc1ccccc1. The molecule has 2 aromatic carbocycles. The highest BCUT2D eigenvalue weighted by Crippen LogP contribution is 2.19. The highest BCUT2D eigenvalue weighted by Gasteiger charge is 2.24. The van der Waals surface area contributed by atoms with Crippen LogP contribution in [0.1, 0.15) is 29.5 Å². The first-order valence-electron chi connectivity index (χ1n) is 9.50. The molecule has 1 fully saturated rings. The summed E-state index contributed by atoms with van der Waals surface area (Å²) in [5.41, 5.74) is 3.12. The highest BCUT2D eigenvalue weighted by atomic mass is 15.2. The van der Waals surface area contributed by atoms with E-state index in [4.69, 9.17) is 5.26 Å². The van der Waals surface area contributed by atoms with Gasteiger partial charge in [-0.25, -0.2) is 0 Å². The lowest BCUT2D eigenvalue weighted by Crippen LogP contribution is -2.44. The third kappa shape index (κ3) is 5.57. The van der Waals surface area contributed by atoms with Gasteiger partial charge in [0.15, 0.2) is 5.96 Å². The molecule has 140 valence electrons. The maximum absolute atomic E-state index is 9.01. The maximum Gasteiger partial charge on any atom is 0.191 e. The van der Waals surface area contributed by atoms with Crippen molar-refractivity contribution >= 4 is 5.96 Å². The first-order chi connectivity index (χ1) is 13.3. The Kier molecular flexibility index (Phi) is 6.84. The first-order valence-corrected chi connectivity index (χ1v) is 9.50. The van der Waals surface area contributed by atoms with E-state index in [0.717, 1.165) is 31.2 Å². The molecule has 0 spiro atoms. The Morgan fingerprint density at radius 3 is 2.74 bits per heavy atom. The number of guanidine groups is 1. The predicted octanol–water partition coefficient (Wildman–Crippen LogP) is 2.89. The largest absolute Gasteiger partial charge is 0.355 e. The van der Waals surface area contributed by atoms with Gasteiger partial charge in [-0.05, 0) is 42.6 Å². The Hall–Kier alpha value is -2.84. The van der Waals surface area contributed by atoms with Gasteiger partial charge in [-0.15, -0.1) is 0 Å². The second-order valence-electron chi connectivity index (χ2n) is 6.87. The van der Waals surface area contributed by atoms with Crippen LogP contribution in [0.25, 0.3) is 0 Å². The molecule has 1 aliphatic heterocycles. The molecule has 0 saturated carbocycles. The second kappa shape index (κ2) is 9.75. The lowest BCUT2D eigenvalue weighted by molar-refractivity contribution is 0.245. The summed E-state index contributed by atoms with van der Waals surface area (Å²) >= 11 is 0. The van der Waals surface area contributed by atoms with Crippen molar-refractivity contribution in [1.29, 1.82) is 5.26 Å². The molecule has 2 N–H and O–H groups in total. The van der Waals surface area contributed by atoms with Crippen molar-refractivity contribution in [3.05, 3.63) is 71.3 Å². The molecule has 0 aromatic heterocycles. The van der Waals surface area contributed by atoms with Crippen molar-refractivity contribution in [3.63, 3.8) is 0 Å². The molecular weight excluding hydrogens is 334 g/mol.